The van der Waals surface area contributed by atoms with Crippen molar-refractivity contribution in [1.29, 1.82) is 0 Å². The van der Waals surface area contributed by atoms with Crippen molar-refractivity contribution in [2.24, 2.45) is 0 Å². The van der Waals surface area contributed by atoms with E-state index in [4.69, 9.17) is 10.5 Å². The smallest absolute Gasteiger partial charge is 0.122 e. The molecule has 0 saturated carbocycles. The molecule has 116 valence electrons. The number of rotatable bonds is 5. The number of likely N-dealkylation sites (tertiary alicyclic amines) is 1. The summed E-state index contributed by atoms with van der Waals surface area (Å²) in [6.07, 6.45) is 3.56. The Hall–Kier alpha value is -2.00. The molecule has 1 fully saturated rings. The molecule has 2 N–H and O–H groups in total. The molecule has 2 aromatic carbocycles. The first kappa shape index (κ1) is 14.9. The van der Waals surface area contributed by atoms with E-state index in [0.717, 1.165) is 30.9 Å². The minimum absolute atomic E-state index is 0.581. The molecule has 3 rings (SSSR count). The van der Waals surface area contributed by atoms with E-state index >= 15 is 0 Å². The highest BCUT2D eigenvalue weighted by atomic mass is 16.5. The van der Waals surface area contributed by atoms with Crippen LogP contribution in [0.3, 0.4) is 0 Å². The first-order valence-electron chi connectivity index (χ1n) is 7.96. The molecule has 1 atom stereocenters. The molecule has 3 heteroatoms. The summed E-state index contributed by atoms with van der Waals surface area (Å²) in [5.74, 6) is 0.998. The van der Waals surface area contributed by atoms with Crippen LogP contribution in [0, 0.1) is 0 Å². The van der Waals surface area contributed by atoms with Gasteiger partial charge in [0.2, 0.25) is 0 Å². The van der Waals surface area contributed by atoms with Gasteiger partial charge in [-0.3, -0.25) is 4.90 Å². The lowest BCUT2D eigenvalue weighted by Crippen LogP contribution is -2.30. The molecular formula is C19H24N2O. The highest BCUT2D eigenvalue weighted by Gasteiger charge is 2.25. The van der Waals surface area contributed by atoms with E-state index in [2.05, 4.69) is 29.2 Å². The van der Waals surface area contributed by atoms with Crippen molar-refractivity contribution in [3.63, 3.8) is 0 Å². The summed E-state index contributed by atoms with van der Waals surface area (Å²) in [6, 6.07) is 17.2. The zero-order chi connectivity index (χ0) is 15.4. The second-order valence-corrected chi connectivity index (χ2v) is 6.03. The van der Waals surface area contributed by atoms with Gasteiger partial charge in [0, 0.05) is 18.3 Å². The number of para-hydroxylation sites is 1. The zero-order valence-electron chi connectivity index (χ0n) is 13.2. The van der Waals surface area contributed by atoms with Crippen LogP contribution in [0.25, 0.3) is 0 Å². The van der Waals surface area contributed by atoms with E-state index < -0.39 is 0 Å². The fourth-order valence-electron chi connectivity index (χ4n) is 3.39. The molecule has 1 saturated heterocycles. The largest absolute Gasteiger partial charge is 0.496 e. The molecule has 1 heterocycles. The van der Waals surface area contributed by atoms with Gasteiger partial charge in [-0.15, -0.1) is 0 Å². The summed E-state index contributed by atoms with van der Waals surface area (Å²) in [6.45, 7) is 2.14. The summed E-state index contributed by atoms with van der Waals surface area (Å²) in [7, 11) is 1.75. The maximum absolute atomic E-state index is 5.89. The SMILES string of the molecule is COc1ccccc1CC1CCCN1Cc1cccc(N)c1. The van der Waals surface area contributed by atoms with Crippen LogP contribution in [0.5, 0.6) is 5.75 Å². The van der Waals surface area contributed by atoms with Crippen LogP contribution in [0.2, 0.25) is 0 Å². The van der Waals surface area contributed by atoms with Crippen LogP contribution in [0.1, 0.15) is 24.0 Å². The van der Waals surface area contributed by atoms with Gasteiger partial charge in [0.05, 0.1) is 7.11 Å². The second-order valence-electron chi connectivity index (χ2n) is 6.03. The first-order valence-corrected chi connectivity index (χ1v) is 7.96. The van der Waals surface area contributed by atoms with Crippen molar-refractivity contribution in [2.75, 3.05) is 19.4 Å². The third-order valence-electron chi connectivity index (χ3n) is 4.48. The lowest BCUT2D eigenvalue weighted by atomic mass is 10.0. The lowest BCUT2D eigenvalue weighted by Gasteiger charge is -2.25. The van der Waals surface area contributed by atoms with E-state index in [1.165, 1.54) is 24.0 Å². The predicted molar refractivity (Wildman–Crippen MR) is 91.0 cm³/mol. The van der Waals surface area contributed by atoms with Crippen LogP contribution >= 0.6 is 0 Å². The Kier molecular flexibility index (Phi) is 4.64. The van der Waals surface area contributed by atoms with Gasteiger partial charge in [-0.05, 0) is 55.1 Å². The number of anilines is 1. The molecule has 1 aliphatic rings. The van der Waals surface area contributed by atoms with Gasteiger partial charge in [0.15, 0.2) is 0 Å². The number of hydrogen-bond acceptors (Lipinski definition) is 3. The maximum Gasteiger partial charge on any atom is 0.122 e. The Bertz CT molecular complexity index is 626. The van der Waals surface area contributed by atoms with Gasteiger partial charge < -0.3 is 10.5 Å². The molecule has 0 aliphatic carbocycles. The summed E-state index contributed by atoms with van der Waals surface area (Å²) in [5, 5.41) is 0. The van der Waals surface area contributed by atoms with E-state index in [1.54, 1.807) is 7.11 Å². The first-order chi connectivity index (χ1) is 10.8. The van der Waals surface area contributed by atoms with Crippen molar-refractivity contribution in [1.82, 2.24) is 4.90 Å². The van der Waals surface area contributed by atoms with Gasteiger partial charge in [0.25, 0.3) is 0 Å². The average molecular weight is 296 g/mol. The number of nitrogens with zero attached hydrogens (tertiary/aromatic N) is 1. The molecular weight excluding hydrogens is 272 g/mol. The molecule has 3 nitrogen and oxygen atoms in total. The molecule has 0 aromatic heterocycles. The van der Waals surface area contributed by atoms with Crippen molar-refractivity contribution in [3.05, 3.63) is 59.7 Å². The topological polar surface area (TPSA) is 38.5 Å². The van der Waals surface area contributed by atoms with E-state index in [9.17, 15) is 0 Å². The fourth-order valence-corrected chi connectivity index (χ4v) is 3.39. The predicted octanol–water partition coefficient (Wildman–Crippen LogP) is 3.48. The van der Waals surface area contributed by atoms with Crippen molar-refractivity contribution in [2.45, 2.75) is 31.8 Å². The minimum Gasteiger partial charge on any atom is -0.496 e. The summed E-state index contributed by atoms with van der Waals surface area (Å²) in [4.78, 5) is 2.57. The molecule has 0 spiro atoms. The van der Waals surface area contributed by atoms with Crippen molar-refractivity contribution >= 4 is 5.69 Å². The number of benzene rings is 2. The molecule has 2 aromatic rings. The van der Waals surface area contributed by atoms with Crippen LogP contribution in [-0.4, -0.2) is 24.6 Å². The average Bonchev–Trinajstić information content (AvgIpc) is 2.95. The van der Waals surface area contributed by atoms with Gasteiger partial charge in [-0.25, -0.2) is 0 Å². The Balaban J connectivity index is 1.70. The highest BCUT2D eigenvalue weighted by Crippen LogP contribution is 2.27. The Morgan fingerprint density at radius 2 is 2.05 bits per heavy atom. The van der Waals surface area contributed by atoms with Crippen LogP contribution in [0.15, 0.2) is 48.5 Å². The van der Waals surface area contributed by atoms with Gasteiger partial charge >= 0.3 is 0 Å². The molecule has 0 amide bonds. The summed E-state index contributed by atoms with van der Waals surface area (Å²) >= 11 is 0. The molecule has 1 unspecified atom stereocenters. The Morgan fingerprint density at radius 3 is 2.86 bits per heavy atom. The number of hydrogen-bond donors (Lipinski definition) is 1. The third-order valence-corrected chi connectivity index (χ3v) is 4.48. The second kappa shape index (κ2) is 6.84. The fraction of sp³-hybridized carbons (Fsp3) is 0.368. The van der Waals surface area contributed by atoms with Crippen LogP contribution in [0.4, 0.5) is 5.69 Å². The van der Waals surface area contributed by atoms with Gasteiger partial charge in [-0.2, -0.15) is 0 Å². The Morgan fingerprint density at radius 1 is 1.18 bits per heavy atom. The molecule has 0 bridgehead atoms. The monoisotopic (exact) mass is 296 g/mol. The molecule has 0 radical (unpaired) electrons. The van der Waals surface area contributed by atoms with Gasteiger partial charge in [-0.1, -0.05) is 30.3 Å². The number of nitrogens with two attached hydrogens (primary N) is 1. The van der Waals surface area contributed by atoms with Crippen LogP contribution < -0.4 is 10.5 Å². The number of ether oxygens (including phenoxy) is 1. The minimum atomic E-state index is 0.581. The summed E-state index contributed by atoms with van der Waals surface area (Å²) < 4.78 is 5.49. The lowest BCUT2D eigenvalue weighted by molar-refractivity contribution is 0.242. The Labute approximate surface area is 132 Å². The maximum atomic E-state index is 5.89. The van der Waals surface area contributed by atoms with Crippen molar-refractivity contribution < 1.29 is 4.74 Å². The molecule has 1 aliphatic heterocycles. The quantitative estimate of drug-likeness (QED) is 0.858. The number of nitrogen functional groups attached to an aromatic ring is 1. The van der Waals surface area contributed by atoms with E-state index in [-0.39, 0.29) is 0 Å². The third kappa shape index (κ3) is 3.42. The summed E-state index contributed by atoms with van der Waals surface area (Å²) in [5.41, 5.74) is 9.34. The van der Waals surface area contributed by atoms with Gasteiger partial charge in [0.1, 0.15) is 5.75 Å². The highest BCUT2D eigenvalue weighted by molar-refractivity contribution is 5.40. The standard InChI is InChI=1S/C19H24N2O/c1-22-19-10-3-2-7-16(19)13-18-9-5-11-21(18)14-15-6-4-8-17(20)12-15/h2-4,6-8,10,12,18H,5,9,11,13-14,20H2,1H3. The van der Waals surface area contributed by atoms with Crippen molar-refractivity contribution in [3.8, 4) is 5.75 Å². The van der Waals surface area contributed by atoms with Crippen LogP contribution in [-0.2, 0) is 13.0 Å². The number of methoxy groups -OCH3 is 1. The zero-order valence-corrected chi connectivity index (χ0v) is 13.2. The van der Waals surface area contributed by atoms with E-state index in [1.807, 2.05) is 24.3 Å². The normalized spacial score (nSPS) is 18.5. The van der Waals surface area contributed by atoms with E-state index in [0.29, 0.717) is 6.04 Å². The molecule has 22 heavy (non-hydrogen) atoms.